The Balaban J connectivity index is 2.14. The van der Waals surface area contributed by atoms with Crippen LogP contribution in [-0.4, -0.2) is 4.98 Å². The number of nitrogens with zero attached hydrogens (tertiary/aromatic N) is 1. The summed E-state index contributed by atoms with van der Waals surface area (Å²) in [5, 5.41) is 5.44. The number of nitrogens with two attached hydrogens (primary N) is 1. The van der Waals surface area contributed by atoms with Crippen molar-refractivity contribution in [2.75, 3.05) is 11.1 Å². The molecule has 0 atom stereocenters. The Hall–Kier alpha value is -1.69. The first kappa shape index (κ1) is 11.8. The van der Waals surface area contributed by atoms with Gasteiger partial charge in [0.05, 0.1) is 17.2 Å². The van der Waals surface area contributed by atoms with Crippen molar-refractivity contribution in [1.82, 2.24) is 4.98 Å². The average Bonchev–Trinajstić information content (AvgIpc) is 2.62. The van der Waals surface area contributed by atoms with Gasteiger partial charge in [-0.1, -0.05) is 0 Å². The summed E-state index contributed by atoms with van der Waals surface area (Å²) in [5.74, 6) is -1.40. The lowest BCUT2D eigenvalue weighted by atomic mass is 10.2. The minimum absolute atomic E-state index is 0.0649. The highest BCUT2D eigenvalue weighted by Crippen LogP contribution is 2.22. The van der Waals surface area contributed by atoms with E-state index in [0.29, 0.717) is 0 Å². The quantitative estimate of drug-likeness (QED) is 0.829. The van der Waals surface area contributed by atoms with Crippen molar-refractivity contribution in [2.24, 2.45) is 0 Å². The molecule has 0 unspecified atom stereocenters. The Morgan fingerprint density at radius 3 is 2.53 bits per heavy atom. The zero-order valence-electron chi connectivity index (χ0n) is 9.13. The van der Waals surface area contributed by atoms with Gasteiger partial charge < -0.3 is 11.1 Å². The number of aryl methyl sites for hydroxylation is 1. The predicted octanol–water partition coefficient (Wildman–Crippen LogP) is 2.92. The number of halogens is 2. The van der Waals surface area contributed by atoms with Gasteiger partial charge in [0.25, 0.3) is 0 Å². The molecule has 6 heteroatoms. The first-order valence-corrected chi connectivity index (χ1v) is 5.83. The maximum Gasteiger partial charge on any atom is 0.151 e. The zero-order valence-corrected chi connectivity index (χ0v) is 9.94. The SMILES string of the molecule is Cc1nc(CNc2c(F)cc(N)cc2F)cs1. The van der Waals surface area contributed by atoms with E-state index in [4.69, 9.17) is 5.73 Å². The van der Waals surface area contributed by atoms with E-state index in [1.165, 1.54) is 11.3 Å². The number of nitrogen functional groups attached to an aromatic ring is 1. The van der Waals surface area contributed by atoms with Crippen LogP contribution < -0.4 is 11.1 Å². The highest BCUT2D eigenvalue weighted by atomic mass is 32.1. The van der Waals surface area contributed by atoms with Crippen LogP contribution in [0, 0.1) is 18.6 Å². The van der Waals surface area contributed by atoms with Crippen molar-refractivity contribution >= 4 is 22.7 Å². The molecule has 0 amide bonds. The zero-order chi connectivity index (χ0) is 12.4. The first-order valence-electron chi connectivity index (χ1n) is 4.95. The van der Waals surface area contributed by atoms with Gasteiger partial charge in [-0.15, -0.1) is 11.3 Å². The molecular weight excluding hydrogens is 244 g/mol. The number of nitrogens with one attached hydrogen (secondary N) is 1. The fourth-order valence-electron chi connectivity index (χ4n) is 1.43. The van der Waals surface area contributed by atoms with Crippen molar-refractivity contribution in [3.63, 3.8) is 0 Å². The summed E-state index contributed by atoms with van der Waals surface area (Å²) in [5.41, 5.74) is 5.96. The van der Waals surface area contributed by atoms with E-state index >= 15 is 0 Å². The van der Waals surface area contributed by atoms with Crippen LogP contribution in [0.15, 0.2) is 17.5 Å². The van der Waals surface area contributed by atoms with Crippen LogP contribution in [0.3, 0.4) is 0 Å². The molecule has 1 aromatic carbocycles. The lowest BCUT2D eigenvalue weighted by Gasteiger charge is -2.08. The summed E-state index contributed by atoms with van der Waals surface area (Å²) in [7, 11) is 0. The molecule has 0 aliphatic carbocycles. The third kappa shape index (κ3) is 2.71. The van der Waals surface area contributed by atoms with Gasteiger partial charge in [0.1, 0.15) is 5.69 Å². The monoisotopic (exact) mass is 255 g/mol. The van der Waals surface area contributed by atoms with Crippen molar-refractivity contribution in [2.45, 2.75) is 13.5 Å². The van der Waals surface area contributed by atoms with Gasteiger partial charge in [-0.25, -0.2) is 13.8 Å². The topological polar surface area (TPSA) is 50.9 Å². The minimum atomic E-state index is -0.700. The van der Waals surface area contributed by atoms with Gasteiger partial charge in [0.15, 0.2) is 11.6 Å². The number of aromatic nitrogens is 1. The van der Waals surface area contributed by atoms with Crippen LogP contribution in [0.5, 0.6) is 0 Å². The second-order valence-corrected chi connectivity index (χ2v) is 4.63. The summed E-state index contributed by atoms with van der Waals surface area (Å²) < 4.78 is 26.8. The molecule has 0 radical (unpaired) electrons. The van der Waals surface area contributed by atoms with Crippen LogP contribution in [0.4, 0.5) is 20.2 Å². The van der Waals surface area contributed by atoms with Crippen LogP contribution in [-0.2, 0) is 6.54 Å². The Morgan fingerprint density at radius 1 is 1.35 bits per heavy atom. The van der Waals surface area contributed by atoms with E-state index in [1.54, 1.807) is 0 Å². The van der Waals surface area contributed by atoms with Crippen LogP contribution in [0.2, 0.25) is 0 Å². The van der Waals surface area contributed by atoms with Crippen molar-refractivity contribution in [1.29, 1.82) is 0 Å². The Morgan fingerprint density at radius 2 is 2.00 bits per heavy atom. The molecule has 90 valence electrons. The molecule has 0 fully saturated rings. The molecule has 1 heterocycles. The number of thiazole rings is 1. The van der Waals surface area contributed by atoms with E-state index in [9.17, 15) is 8.78 Å². The van der Waals surface area contributed by atoms with Crippen LogP contribution in [0.1, 0.15) is 10.7 Å². The normalized spacial score (nSPS) is 10.5. The molecule has 0 bridgehead atoms. The Kier molecular flexibility index (Phi) is 3.23. The smallest absolute Gasteiger partial charge is 0.151 e. The van der Waals surface area contributed by atoms with Crippen molar-refractivity contribution in [3.05, 3.63) is 39.8 Å². The number of rotatable bonds is 3. The van der Waals surface area contributed by atoms with E-state index < -0.39 is 11.6 Å². The minimum Gasteiger partial charge on any atom is -0.399 e. The van der Waals surface area contributed by atoms with Gasteiger partial charge in [-0.2, -0.15) is 0 Å². The highest BCUT2D eigenvalue weighted by molar-refractivity contribution is 7.09. The molecule has 0 saturated carbocycles. The van der Waals surface area contributed by atoms with Crippen molar-refractivity contribution < 1.29 is 8.78 Å². The third-order valence-corrected chi connectivity index (χ3v) is 3.00. The predicted molar refractivity (Wildman–Crippen MR) is 64.9 cm³/mol. The van der Waals surface area contributed by atoms with Gasteiger partial charge >= 0.3 is 0 Å². The fraction of sp³-hybridized carbons (Fsp3) is 0.182. The summed E-state index contributed by atoms with van der Waals surface area (Å²) in [6, 6.07) is 2.16. The number of benzene rings is 1. The van der Waals surface area contributed by atoms with E-state index in [1.807, 2.05) is 12.3 Å². The fourth-order valence-corrected chi connectivity index (χ4v) is 2.04. The molecule has 3 nitrogen and oxygen atoms in total. The molecule has 0 spiro atoms. The Bertz CT molecular complexity index is 516. The highest BCUT2D eigenvalue weighted by Gasteiger charge is 2.10. The van der Waals surface area contributed by atoms with E-state index in [2.05, 4.69) is 10.3 Å². The largest absolute Gasteiger partial charge is 0.399 e. The van der Waals surface area contributed by atoms with E-state index in [-0.39, 0.29) is 17.9 Å². The van der Waals surface area contributed by atoms with Gasteiger partial charge in [-0.3, -0.25) is 0 Å². The van der Waals surface area contributed by atoms with Crippen LogP contribution in [0.25, 0.3) is 0 Å². The molecule has 1 aromatic heterocycles. The molecule has 17 heavy (non-hydrogen) atoms. The number of hydrogen-bond acceptors (Lipinski definition) is 4. The first-order chi connectivity index (χ1) is 8.06. The summed E-state index contributed by atoms with van der Waals surface area (Å²) in [6.45, 7) is 2.15. The lowest BCUT2D eigenvalue weighted by molar-refractivity contribution is 0.589. The van der Waals surface area contributed by atoms with Crippen LogP contribution >= 0.6 is 11.3 Å². The molecule has 3 N–H and O–H groups in total. The maximum atomic E-state index is 13.4. The number of hydrogen-bond donors (Lipinski definition) is 2. The third-order valence-electron chi connectivity index (χ3n) is 2.18. The summed E-state index contributed by atoms with van der Waals surface area (Å²) in [4.78, 5) is 4.19. The molecule has 0 aliphatic heterocycles. The summed E-state index contributed by atoms with van der Waals surface area (Å²) >= 11 is 1.49. The second kappa shape index (κ2) is 4.67. The van der Waals surface area contributed by atoms with Gasteiger partial charge in [0, 0.05) is 11.1 Å². The molecule has 2 aromatic rings. The lowest BCUT2D eigenvalue weighted by Crippen LogP contribution is -2.05. The van der Waals surface area contributed by atoms with Gasteiger partial charge in [-0.05, 0) is 19.1 Å². The molecular formula is C11H11F2N3S. The number of anilines is 2. The second-order valence-electron chi connectivity index (χ2n) is 3.57. The maximum absolute atomic E-state index is 13.4. The molecule has 2 rings (SSSR count). The average molecular weight is 255 g/mol. The Labute approximate surface area is 101 Å². The van der Waals surface area contributed by atoms with E-state index in [0.717, 1.165) is 22.8 Å². The molecule has 0 aliphatic rings. The standard InChI is InChI=1S/C11H11F2N3S/c1-6-16-8(5-17-6)4-15-11-9(12)2-7(14)3-10(11)13/h2-3,5,15H,4,14H2,1H3. The van der Waals surface area contributed by atoms with Crippen molar-refractivity contribution in [3.8, 4) is 0 Å². The molecule has 0 saturated heterocycles. The summed E-state index contributed by atoms with van der Waals surface area (Å²) in [6.07, 6.45) is 0. The van der Waals surface area contributed by atoms with Gasteiger partial charge in [0.2, 0.25) is 0 Å².